The van der Waals surface area contributed by atoms with Crippen molar-refractivity contribution >= 4 is 18.5 Å². The van der Waals surface area contributed by atoms with Crippen LogP contribution in [0.2, 0.25) is 0 Å². The van der Waals surface area contributed by atoms with Crippen molar-refractivity contribution in [3.05, 3.63) is 58.7 Å². The SMILES string of the molecule is CCOC(=O)COc1ccc(C)cc1C=O.Cc1ccc(O)c(C=O)c1. The zero-order valence-electron chi connectivity index (χ0n) is 15.0. The first kappa shape index (κ1) is 20.9. The molecule has 0 aliphatic heterocycles. The van der Waals surface area contributed by atoms with Crippen LogP contribution in [0.1, 0.15) is 38.8 Å². The van der Waals surface area contributed by atoms with Gasteiger partial charge in [-0.2, -0.15) is 0 Å². The summed E-state index contributed by atoms with van der Waals surface area (Å²) in [6, 6.07) is 10.1. The third-order valence-electron chi connectivity index (χ3n) is 3.25. The third-order valence-corrected chi connectivity index (χ3v) is 3.25. The summed E-state index contributed by atoms with van der Waals surface area (Å²) in [5.74, 6) is -0.00539. The van der Waals surface area contributed by atoms with Crippen LogP contribution in [-0.4, -0.2) is 36.9 Å². The summed E-state index contributed by atoms with van der Waals surface area (Å²) in [5, 5.41) is 9.00. The van der Waals surface area contributed by atoms with Crippen LogP contribution in [0.15, 0.2) is 36.4 Å². The molecule has 0 heterocycles. The number of hydrogen-bond acceptors (Lipinski definition) is 6. The molecule has 2 aromatic rings. The number of phenolic OH excluding ortho intramolecular Hbond substituents is 1. The summed E-state index contributed by atoms with van der Waals surface area (Å²) in [6.07, 6.45) is 1.34. The highest BCUT2D eigenvalue weighted by Crippen LogP contribution is 2.18. The maximum atomic E-state index is 11.0. The topological polar surface area (TPSA) is 89.9 Å². The van der Waals surface area contributed by atoms with Gasteiger partial charge in [-0.05, 0) is 45.0 Å². The van der Waals surface area contributed by atoms with E-state index in [0.29, 0.717) is 36.1 Å². The molecule has 2 aromatic carbocycles. The fourth-order valence-corrected chi connectivity index (χ4v) is 2.00. The van der Waals surface area contributed by atoms with Crippen molar-refractivity contribution in [3.63, 3.8) is 0 Å². The molecule has 26 heavy (non-hydrogen) atoms. The number of hydrogen-bond donors (Lipinski definition) is 1. The molecular weight excluding hydrogens is 336 g/mol. The third kappa shape index (κ3) is 6.76. The van der Waals surface area contributed by atoms with E-state index in [2.05, 4.69) is 0 Å². The van der Waals surface area contributed by atoms with Gasteiger partial charge in [0, 0.05) is 0 Å². The lowest BCUT2D eigenvalue weighted by molar-refractivity contribution is -0.145. The molecule has 2 rings (SSSR count). The molecule has 0 unspecified atom stereocenters. The predicted octanol–water partition coefficient (Wildman–Crippen LogP) is 3.26. The quantitative estimate of drug-likeness (QED) is 0.630. The van der Waals surface area contributed by atoms with E-state index in [0.717, 1.165) is 11.1 Å². The Morgan fingerprint density at radius 1 is 1.00 bits per heavy atom. The minimum Gasteiger partial charge on any atom is -0.507 e. The number of aryl methyl sites for hydroxylation is 2. The molecule has 138 valence electrons. The number of ether oxygens (including phenoxy) is 2. The van der Waals surface area contributed by atoms with Crippen LogP contribution in [0.4, 0.5) is 0 Å². The van der Waals surface area contributed by atoms with Crippen LogP contribution in [0.25, 0.3) is 0 Å². The zero-order valence-corrected chi connectivity index (χ0v) is 15.0. The number of carbonyl (C=O) groups excluding carboxylic acids is 3. The highest BCUT2D eigenvalue weighted by Gasteiger charge is 2.07. The monoisotopic (exact) mass is 358 g/mol. The summed E-state index contributed by atoms with van der Waals surface area (Å²) in [6.45, 7) is 5.60. The van der Waals surface area contributed by atoms with Crippen molar-refractivity contribution < 1.29 is 29.0 Å². The smallest absolute Gasteiger partial charge is 0.344 e. The number of rotatable bonds is 6. The second kappa shape index (κ2) is 10.7. The van der Waals surface area contributed by atoms with E-state index in [1.165, 1.54) is 6.07 Å². The summed E-state index contributed by atoms with van der Waals surface area (Å²) in [7, 11) is 0. The van der Waals surface area contributed by atoms with Crippen molar-refractivity contribution in [1.82, 2.24) is 0 Å². The molecule has 0 atom stereocenters. The van der Waals surface area contributed by atoms with Crippen molar-refractivity contribution in [2.75, 3.05) is 13.2 Å². The molecule has 0 bridgehead atoms. The fourth-order valence-electron chi connectivity index (χ4n) is 2.00. The van der Waals surface area contributed by atoms with Crippen LogP contribution in [0.3, 0.4) is 0 Å². The molecular formula is C20H22O6. The van der Waals surface area contributed by atoms with Crippen LogP contribution in [-0.2, 0) is 9.53 Å². The summed E-state index contributed by atoms with van der Waals surface area (Å²) in [4.78, 5) is 32.0. The Morgan fingerprint density at radius 2 is 1.58 bits per heavy atom. The van der Waals surface area contributed by atoms with E-state index in [1.807, 2.05) is 19.9 Å². The second-order valence-corrected chi connectivity index (χ2v) is 5.43. The number of carbonyl (C=O) groups is 3. The average molecular weight is 358 g/mol. The molecule has 1 N–H and O–H groups in total. The number of phenols is 1. The van der Waals surface area contributed by atoms with Gasteiger partial charge in [-0.3, -0.25) is 9.59 Å². The predicted molar refractivity (Wildman–Crippen MR) is 96.9 cm³/mol. The van der Waals surface area contributed by atoms with Gasteiger partial charge in [0.1, 0.15) is 11.5 Å². The zero-order chi connectivity index (χ0) is 19.5. The van der Waals surface area contributed by atoms with E-state index in [9.17, 15) is 14.4 Å². The largest absolute Gasteiger partial charge is 0.507 e. The van der Waals surface area contributed by atoms with Crippen molar-refractivity contribution in [2.45, 2.75) is 20.8 Å². The molecule has 0 saturated carbocycles. The fraction of sp³-hybridized carbons (Fsp3) is 0.250. The summed E-state index contributed by atoms with van der Waals surface area (Å²) in [5.41, 5.74) is 2.72. The Balaban J connectivity index is 0.000000289. The number of aromatic hydroxyl groups is 1. The van der Waals surface area contributed by atoms with Crippen LogP contribution in [0, 0.1) is 13.8 Å². The van der Waals surface area contributed by atoms with Gasteiger partial charge in [0.2, 0.25) is 0 Å². The van der Waals surface area contributed by atoms with Gasteiger partial charge >= 0.3 is 5.97 Å². The van der Waals surface area contributed by atoms with Crippen LogP contribution < -0.4 is 4.74 Å². The first-order valence-electron chi connectivity index (χ1n) is 8.00. The van der Waals surface area contributed by atoms with Gasteiger partial charge in [-0.25, -0.2) is 4.79 Å². The van der Waals surface area contributed by atoms with Crippen LogP contribution in [0.5, 0.6) is 11.5 Å². The molecule has 0 amide bonds. The first-order chi connectivity index (χ1) is 12.4. The molecule has 0 fully saturated rings. The van der Waals surface area contributed by atoms with Crippen LogP contribution >= 0.6 is 0 Å². The Bertz CT molecular complexity index is 767. The summed E-state index contributed by atoms with van der Waals surface area (Å²) < 4.78 is 9.90. The van der Waals surface area contributed by atoms with E-state index >= 15 is 0 Å². The minimum absolute atomic E-state index is 0.0422. The molecule has 6 heteroatoms. The molecule has 0 aromatic heterocycles. The molecule has 0 saturated heterocycles. The first-order valence-corrected chi connectivity index (χ1v) is 8.00. The Labute approximate surface area is 152 Å². The lowest BCUT2D eigenvalue weighted by atomic mass is 10.1. The average Bonchev–Trinajstić information content (AvgIpc) is 2.63. The van der Waals surface area contributed by atoms with Crippen molar-refractivity contribution in [1.29, 1.82) is 0 Å². The highest BCUT2D eigenvalue weighted by atomic mass is 16.6. The Morgan fingerprint density at radius 3 is 2.12 bits per heavy atom. The Kier molecular flexibility index (Phi) is 8.57. The maximum absolute atomic E-state index is 11.0. The minimum atomic E-state index is -0.445. The van der Waals surface area contributed by atoms with Gasteiger partial charge < -0.3 is 14.6 Å². The van der Waals surface area contributed by atoms with Gasteiger partial charge in [0.05, 0.1) is 17.7 Å². The van der Waals surface area contributed by atoms with Gasteiger partial charge in [-0.1, -0.05) is 23.3 Å². The van der Waals surface area contributed by atoms with E-state index in [4.69, 9.17) is 14.6 Å². The summed E-state index contributed by atoms with van der Waals surface area (Å²) >= 11 is 0. The molecule has 6 nitrogen and oxygen atoms in total. The van der Waals surface area contributed by atoms with E-state index < -0.39 is 5.97 Å². The van der Waals surface area contributed by atoms with Gasteiger partial charge in [-0.15, -0.1) is 0 Å². The molecule has 0 spiro atoms. The van der Waals surface area contributed by atoms with Gasteiger partial charge in [0.25, 0.3) is 0 Å². The number of aldehydes is 2. The number of esters is 1. The second-order valence-electron chi connectivity index (χ2n) is 5.43. The highest BCUT2D eigenvalue weighted by molar-refractivity contribution is 5.80. The maximum Gasteiger partial charge on any atom is 0.344 e. The van der Waals surface area contributed by atoms with E-state index in [-0.39, 0.29) is 12.4 Å². The van der Waals surface area contributed by atoms with Crippen molar-refractivity contribution in [2.24, 2.45) is 0 Å². The molecule has 0 aliphatic rings. The molecule has 0 radical (unpaired) electrons. The van der Waals surface area contributed by atoms with E-state index in [1.54, 1.807) is 31.2 Å². The van der Waals surface area contributed by atoms with Crippen molar-refractivity contribution in [3.8, 4) is 11.5 Å². The normalized spacial score (nSPS) is 9.50. The van der Waals surface area contributed by atoms with Gasteiger partial charge in [0.15, 0.2) is 19.2 Å². The standard InChI is InChI=1S/C12H14O4.C8H8O2/c1-3-15-12(14)8-16-11-5-4-9(2)6-10(11)7-13;1-6-2-3-8(10)7(4-6)5-9/h4-7H,3,8H2,1-2H3;2-5,10H,1H3. The lowest BCUT2D eigenvalue weighted by Gasteiger charge is -2.08. The number of benzene rings is 2. The molecule has 0 aliphatic carbocycles. The lowest BCUT2D eigenvalue weighted by Crippen LogP contribution is -2.15. The Hall–Kier alpha value is -3.15.